The van der Waals surface area contributed by atoms with Gasteiger partial charge in [-0.25, -0.2) is 4.68 Å². The van der Waals surface area contributed by atoms with Gasteiger partial charge < -0.3 is 5.32 Å². The summed E-state index contributed by atoms with van der Waals surface area (Å²) in [6.07, 6.45) is 0.637. The zero-order valence-electron chi connectivity index (χ0n) is 13.5. The molecule has 0 saturated carbocycles. The zero-order valence-corrected chi connectivity index (χ0v) is 13.5. The number of aromatic nitrogens is 3. The number of rotatable bonds is 4. The van der Waals surface area contributed by atoms with E-state index < -0.39 is 6.04 Å². The van der Waals surface area contributed by atoms with E-state index in [1.54, 1.807) is 13.8 Å². The molecule has 0 spiro atoms. The first-order valence-electron chi connectivity index (χ1n) is 7.10. The first-order valence-corrected chi connectivity index (χ1v) is 7.10. The Labute approximate surface area is 129 Å². The molecule has 1 aromatic carbocycles. The number of nitrogens with zero attached hydrogens (tertiary/aromatic N) is 3. The molecule has 0 aliphatic heterocycles. The molecule has 1 atom stereocenters. The molecule has 1 heterocycles. The Kier molecular flexibility index (Phi) is 4.40. The first-order chi connectivity index (χ1) is 10.3. The van der Waals surface area contributed by atoms with Crippen LogP contribution in [0.3, 0.4) is 0 Å². The molecule has 0 aliphatic rings. The maximum atomic E-state index is 12.5. The lowest BCUT2D eigenvalue weighted by Gasteiger charge is -2.17. The van der Waals surface area contributed by atoms with Gasteiger partial charge in [0, 0.05) is 5.69 Å². The van der Waals surface area contributed by atoms with Crippen molar-refractivity contribution in [2.24, 2.45) is 0 Å². The molecule has 116 valence electrons. The van der Waals surface area contributed by atoms with Crippen LogP contribution in [-0.2, 0) is 4.79 Å². The summed E-state index contributed by atoms with van der Waals surface area (Å²) in [6.45, 7) is 9.39. The first kappa shape index (κ1) is 15.9. The molecule has 22 heavy (non-hydrogen) atoms. The second kappa shape index (κ2) is 6.09. The molecule has 1 unspecified atom stereocenters. The fourth-order valence-electron chi connectivity index (χ4n) is 2.55. The van der Waals surface area contributed by atoms with Crippen molar-refractivity contribution in [3.05, 3.63) is 40.2 Å². The van der Waals surface area contributed by atoms with Crippen LogP contribution in [0.4, 0.5) is 5.69 Å². The van der Waals surface area contributed by atoms with E-state index in [1.165, 1.54) is 4.68 Å². The van der Waals surface area contributed by atoms with Gasteiger partial charge in [0.1, 0.15) is 11.7 Å². The van der Waals surface area contributed by atoms with Gasteiger partial charge in [-0.15, -0.1) is 5.10 Å². The topological polar surface area (TPSA) is 76.9 Å². The van der Waals surface area contributed by atoms with Gasteiger partial charge in [0.25, 0.3) is 0 Å². The van der Waals surface area contributed by atoms with Gasteiger partial charge in [-0.05, 0) is 45.7 Å². The lowest BCUT2D eigenvalue weighted by molar-refractivity contribution is -0.119. The fourth-order valence-corrected chi connectivity index (χ4v) is 2.55. The highest BCUT2D eigenvalue weighted by Crippen LogP contribution is 2.23. The Hall–Kier alpha value is -2.50. The molecule has 6 nitrogen and oxygen atoms in total. The van der Waals surface area contributed by atoms with Crippen molar-refractivity contribution in [1.82, 2.24) is 15.0 Å². The maximum absolute atomic E-state index is 12.5. The highest BCUT2D eigenvalue weighted by molar-refractivity contribution is 5.95. The van der Waals surface area contributed by atoms with Crippen molar-refractivity contribution in [2.75, 3.05) is 5.32 Å². The van der Waals surface area contributed by atoms with Gasteiger partial charge >= 0.3 is 0 Å². The molecule has 0 aliphatic carbocycles. The van der Waals surface area contributed by atoms with Crippen LogP contribution in [-0.4, -0.2) is 27.2 Å². The van der Waals surface area contributed by atoms with Crippen LogP contribution in [0.25, 0.3) is 0 Å². The van der Waals surface area contributed by atoms with Gasteiger partial charge in [0.2, 0.25) is 5.91 Å². The second-order valence-electron chi connectivity index (χ2n) is 5.56. The number of carbonyl (C=O) groups excluding carboxylic acids is 2. The smallest absolute Gasteiger partial charge is 0.249 e. The van der Waals surface area contributed by atoms with E-state index >= 15 is 0 Å². The minimum atomic E-state index is -0.554. The third-order valence-electron chi connectivity index (χ3n) is 3.75. The Morgan fingerprint density at radius 1 is 1.23 bits per heavy atom. The predicted molar refractivity (Wildman–Crippen MR) is 84.1 cm³/mol. The Morgan fingerprint density at radius 3 is 2.32 bits per heavy atom. The van der Waals surface area contributed by atoms with E-state index in [-0.39, 0.29) is 11.6 Å². The van der Waals surface area contributed by atoms with Crippen LogP contribution in [0, 0.1) is 27.7 Å². The number of hydrogen-bond donors (Lipinski definition) is 1. The van der Waals surface area contributed by atoms with Gasteiger partial charge in [0.05, 0.1) is 5.69 Å². The molecule has 0 radical (unpaired) electrons. The van der Waals surface area contributed by atoms with Gasteiger partial charge in [-0.1, -0.05) is 22.9 Å². The number of nitrogens with one attached hydrogen (secondary N) is 1. The van der Waals surface area contributed by atoms with E-state index in [0.717, 1.165) is 22.4 Å². The maximum Gasteiger partial charge on any atom is 0.249 e. The van der Waals surface area contributed by atoms with Crippen LogP contribution in [0.1, 0.15) is 45.8 Å². The van der Waals surface area contributed by atoms with Gasteiger partial charge in [-0.2, -0.15) is 0 Å². The van der Waals surface area contributed by atoms with Crippen LogP contribution in [0.5, 0.6) is 0 Å². The fraction of sp³-hybridized carbons (Fsp3) is 0.375. The SMILES string of the molecule is Cc1cc(C)c(NC(=O)C(C)n2nnc(C=O)c2C)c(C)c1. The number of hydrogen-bond acceptors (Lipinski definition) is 4. The number of amides is 1. The molecule has 2 rings (SSSR count). The average Bonchev–Trinajstić information content (AvgIpc) is 2.82. The normalized spacial score (nSPS) is 12.0. The second-order valence-corrected chi connectivity index (χ2v) is 5.56. The summed E-state index contributed by atoms with van der Waals surface area (Å²) >= 11 is 0. The van der Waals surface area contributed by atoms with E-state index in [0.29, 0.717) is 12.0 Å². The Bertz CT molecular complexity index is 711. The zero-order chi connectivity index (χ0) is 16.4. The van der Waals surface area contributed by atoms with Crippen LogP contribution >= 0.6 is 0 Å². The summed E-state index contributed by atoms with van der Waals surface area (Å²) in [5.74, 6) is -0.194. The van der Waals surface area contributed by atoms with Crippen molar-refractivity contribution in [1.29, 1.82) is 0 Å². The molecular weight excluding hydrogens is 280 g/mol. The molecule has 1 amide bonds. The van der Waals surface area contributed by atoms with Crippen molar-refractivity contribution >= 4 is 17.9 Å². The quantitative estimate of drug-likeness (QED) is 0.880. The number of anilines is 1. The summed E-state index contributed by atoms with van der Waals surface area (Å²) < 4.78 is 1.46. The van der Waals surface area contributed by atoms with E-state index in [2.05, 4.69) is 15.6 Å². The number of aldehydes is 1. The van der Waals surface area contributed by atoms with Crippen molar-refractivity contribution < 1.29 is 9.59 Å². The number of carbonyl (C=O) groups is 2. The minimum absolute atomic E-state index is 0.194. The molecule has 6 heteroatoms. The standard InChI is InChI=1S/C16H20N4O2/c1-9-6-10(2)15(11(3)7-9)17-16(22)13(5)20-12(4)14(8-21)18-19-20/h6-8,13H,1-5H3,(H,17,22). The van der Waals surface area contributed by atoms with Crippen molar-refractivity contribution in [3.8, 4) is 0 Å². The summed E-state index contributed by atoms with van der Waals surface area (Å²) in [7, 11) is 0. The average molecular weight is 300 g/mol. The third-order valence-corrected chi connectivity index (χ3v) is 3.75. The molecular formula is C16H20N4O2. The lowest BCUT2D eigenvalue weighted by Crippen LogP contribution is -2.26. The van der Waals surface area contributed by atoms with Crippen LogP contribution < -0.4 is 5.32 Å². The molecule has 1 aromatic heterocycles. The molecule has 1 N–H and O–H groups in total. The van der Waals surface area contributed by atoms with E-state index in [9.17, 15) is 9.59 Å². The third kappa shape index (κ3) is 2.90. The van der Waals surface area contributed by atoms with E-state index in [4.69, 9.17) is 0 Å². The lowest BCUT2D eigenvalue weighted by atomic mass is 10.0. The van der Waals surface area contributed by atoms with Crippen LogP contribution in [0.15, 0.2) is 12.1 Å². The summed E-state index contributed by atoms with van der Waals surface area (Å²) in [4.78, 5) is 23.3. The Balaban J connectivity index is 2.25. The Morgan fingerprint density at radius 2 is 1.82 bits per heavy atom. The number of aryl methyl sites for hydroxylation is 3. The summed E-state index contributed by atoms with van der Waals surface area (Å²) in [5.41, 5.74) is 4.83. The predicted octanol–water partition coefficient (Wildman–Crippen LogP) is 2.52. The van der Waals surface area contributed by atoms with Gasteiger partial charge in [0.15, 0.2) is 6.29 Å². The summed E-state index contributed by atoms with van der Waals surface area (Å²) in [5, 5.41) is 10.6. The summed E-state index contributed by atoms with van der Waals surface area (Å²) in [6, 6.07) is 3.50. The van der Waals surface area contributed by atoms with Crippen LogP contribution in [0.2, 0.25) is 0 Å². The van der Waals surface area contributed by atoms with E-state index in [1.807, 2.05) is 32.9 Å². The highest BCUT2D eigenvalue weighted by atomic mass is 16.2. The monoisotopic (exact) mass is 300 g/mol. The van der Waals surface area contributed by atoms with Crippen molar-refractivity contribution in [3.63, 3.8) is 0 Å². The highest BCUT2D eigenvalue weighted by Gasteiger charge is 2.21. The number of benzene rings is 1. The molecule has 0 saturated heterocycles. The molecule has 0 bridgehead atoms. The largest absolute Gasteiger partial charge is 0.324 e. The molecule has 0 fully saturated rings. The minimum Gasteiger partial charge on any atom is -0.324 e. The van der Waals surface area contributed by atoms with Gasteiger partial charge in [-0.3, -0.25) is 9.59 Å². The van der Waals surface area contributed by atoms with Crippen molar-refractivity contribution in [2.45, 2.75) is 40.7 Å². The molecule has 2 aromatic rings.